The van der Waals surface area contributed by atoms with Crippen molar-refractivity contribution in [1.29, 1.82) is 0 Å². The van der Waals surface area contributed by atoms with E-state index in [4.69, 9.17) is 0 Å². The molecule has 6 nitrogen and oxygen atoms in total. The van der Waals surface area contributed by atoms with Crippen molar-refractivity contribution in [2.75, 3.05) is 31.1 Å². The largest absolute Gasteiger partial charge is 0.356 e. The van der Waals surface area contributed by atoms with Crippen molar-refractivity contribution in [2.45, 2.75) is 19.8 Å². The van der Waals surface area contributed by atoms with Gasteiger partial charge in [0.25, 0.3) is 5.69 Å². The number of nitrogens with one attached hydrogen (secondary N) is 1. The second-order valence-corrected chi connectivity index (χ2v) is 5.68. The topological polar surface area (TPSA) is 71.3 Å². The van der Waals surface area contributed by atoms with Gasteiger partial charge in [-0.25, -0.2) is 4.98 Å². The van der Waals surface area contributed by atoms with Crippen LogP contribution in [-0.2, 0) is 0 Å². The quantitative estimate of drug-likeness (QED) is 0.646. The summed E-state index contributed by atoms with van der Waals surface area (Å²) in [5.74, 6) is 0.867. The van der Waals surface area contributed by atoms with Gasteiger partial charge in [-0.3, -0.25) is 10.1 Å². The Bertz CT molecular complexity index is 511. The van der Waals surface area contributed by atoms with Crippen LogP contribution < -0.4 is 10.2 Å². The molecule has 0 bridgehead atoms. The number of nitro groups is 1. The van der Waals surface area contributed by atoms with Gasteiger partial charge in [0.2, 0.25) is 0 Å². The maximum absolute atomic E-state index is 10.8. The normalized spacial score (nSPS) is 26.3. The Hall–Kier alpha value is -1.69. The standard InChI is InChI=1S/C13H18N4O2/c1-10-6-12(15-7-11(10)17(18)19)16-5-3-13(9-16)2-4-14-8-13/h6-7,14H,2-5,8-9H2,1H3. The predicted molar refractivity (Wildman–Crippen MR) is 72.4 cm³/mol. The fraction of sp³-hybridized carbons (Fsp3) is 0.615. The minimum atomic E-state index is -0.377. The first kappa shape index (κ1) is 12.3. The molecule has 2 aliphatic rings. The van der Waals surface area contributed by atoms with Crippen molar-refractivity contribution < 1.29 is 4.92 Å². The summed E-state index contributed by atoms with van der Waals surface area (Å²) < 4.78 is 0. The molecule has 1 spiro atoms. The molecule has 1 unspecified atom stereocenters. The van der Waals surface area contributed by atoms with Crippen molar-refractivity contribution in [3.63, 3.8) is 0 Å². The van der Waals surface area contributed by atoms with Crippen LogP contribution in [0.1, 0.15) is 18.4 Å². The molecule has 0 saturated carbocycles. The molecule has 19 heavy (non-hydrogen) atoms. The van der Waals surface area contributed by atoms with E-state index < -0.39 is 0 Å². The van der Waals surface area contributed by atoms with E-state index in [2.05, 4.69) is 15.2 Å². The molecule has 3 heterocycles. The van der Waals surface area contributed by atoms with E-state index in [9.17, 15) is 10.1 Å². The first-order valence-corrected chi connectivity index (χ1v) is 6.66. The molecule has 3 rings (SSSR count). The van der Waals surface area contributed by atoms with Crippen molar-refractivity contribution in [3.05, 3.63) is 27.9 Å². The Morgan fingerprint density at radius 1 is 1.53 bits per heavy atom. The lowest BCUT2D eigenvalue weighted by Gasteiger charge is -2.23. The molecule has 1 aromatic heterocycles. The second kappa shape index (κ2) is 4.45. The lowest BCUT2D eigenvalue weighted by atomic mass is 9.87. The molecule has 0 amide bonds. The highest BCUT2D eigenvalue weighted by Crippen LogP contribution is 2.38. The summed E-state index contributed by atoms with van der Waals surface area (Å²) in [7, 11) is 0. The van der Waals surface area contributed by atoms with Gasteiger partial charge >= 0.3 is 0 Å². The van der Waals surface area contributed by atoms with Gasteiger partial charge in [0.05, 0.1) is 4.92 Å². The average Bonchev–Trinajstić information content (AvgIpc) is 3.00. The smallest absolute Gasteiger partial charge is 0.290 e. The first-order valence-electron chi connectivity index (χ1n) is 6.66. The van der Waals surface area contributed by atoms with Gasteiger partial charge in [0.1, 0.15) is 12.0 Å². The molecule has 1 atom stereocenters. The third kappa shape index (κ3) is 2.16. The van der Waals surface area contributed by atoms with Crippen LogP contribution in [0.3, 0.4) is 0 Å². The fourth-order valence-corrected chi connectivity index (χ4v) is 3.17. The summed E-state index contributed by atoms with van der Waals surface area (Å²) in [6.07, 6.45) is 3.77. The Morgan fingerprint density at radius 3 is 3.00 bits per heavy atom. The van der Waals surface area contributed by atoms with E-state index in [1.165, 1.54) is 19.0 Å². The van der Waals surface area contributed by atoms with Gasteiger partial charge < -0.3 is 10.2 Å². The SMILES string of the molecule is Cc1cc(N2CCC3(CCNC3)C2)ncc1[N+](=O)[O-]. The summed E-state index contributed by atoms with van der Waals surface area (Å²) >= 11 is 0. The van der Waals surface area contributed by atoms with Crippen LogP contribution in [0.25, 0.3) is 0 Å². The minimum Gasteiger partial charge on any atom is -0.356 e. The molecule has 2 aliphatic heterocycles. The number of aromatic nitrogens is 1. The van der Waals surface area contributed by atoms with Crippen molar-refractivity contribution in [1.82, 2.24) is 10.3 Å². The molecule has 2 saturated heterocycles. The summed E-state index contributed by atoms with van der Waals surface area (Å²) in [6.45, 7) is 5.94. The zero-order chi connectivity index (χ0) is 13.5. The number of aryl methyl sites for hydroxylation is 1. The zero-order valence-electron chi connectivity index (χ0n) is 11.1. The number of pyridine rings is 1. The molecular weight excluding hydrogens is 244 g/mol. The van der Waals surface area contributed by atoms with E-state index in [-0.39, 0.29) is 10.6 Å². The van der Waals surface area contributed by atoms with Crippen LogP contribution in [0.15, 0.2) is 12.3 Å². The predicted octanol–water partition coefficient (Wildman–Crippen LogP) is 1.49. The third-order valence-corrected chi connectivity index (χ3v) is 4.36. The van der Waals surface area contributed by atoms with E-state index >= 15 is 0 Å². The van der Waals surface area contributed by atoms with Gasteiger partial charge in [0.15, 0.2) is 0 Å². The molecular formula is C13H18N4O2. The monoisotopic (exact) mass is 262 g/mol. The lowest BCUT2D eigenvalue weighted by Crippen LogP contribution is -2.29. The Labute approximate surface area is 112 Å². The molecule has 0 aromatic carbocycles. The highest BCUT2D eigenvalue weighted by Gasteiger charge is 2.40. The maximum atomic E-state index is 10.8. The number of hydrogen-bond acceptors (Lipinski definition) is 5. The van der Waals surface area contributed by atoms with Gasteiger partial charge in [-0.15, -0.1) is 0 Å². The molecule has 102 valence electrons. The summed E-state index contributed by atoms with van der Waals surface area (Å²) in [5.41, 5.74) is 1.16. The number of anilines is 1. The minimum absolute atomic E-state index is 0.0974. The van der Waals surface area contributed by atoms with E-state index in [0.717, 1.165) is 32.0 Å². The van der Waals surface area contributed by atoms with E-state index in [0.29, 0.717) is 11.0 Å². The van der Waals surface area contributed by atoms with Gasteiger partial charge in [-0.05, 0) is 32.4 Å². The Morgan fingerprint density at radius 2 is 2.37 bits per heavy atom. The number of rotatable bonds is 2. The molecule has 1 N–H and O–H groups in total. The van der Waals surface area contributed by atoms with Crippen LogP contribution >= 0.6 is 0 Å². The fourth-order valence-electron chi connectivity index (χ4n) is 3.17. The second-order valence-electron chi connectivity index (χ2n) is 5.68. The van der Waals surface area contributed by atoms with Gasteiger partial charge in [-0.1, -0.05) is 0 Å². The molecule has 1 aromatic rings. The van der Waals surface area contributed by atoms with Gasteiger partial charge in [0, 0.05) is 30.6 Å². The maximum Gasteiger partial charge on any atom is 0.290 e. The summed E-state index contributed by atoms with van der Waals surface area (Å²) in [6, 6.07) is 1.83. The van der Waals surface area contributed by atoms with Crippen molar-refractivity contribution in [2.24, 2.45) is 5.41 Å². The van der Waals surface area contributed by atoms with Crippen LogP contribution in [0, 0.1) is 22.5 Å². The summed E-state index contributed by atoms with van der Waals surface area (Å²) in [4.78, 5) is 16.9. The van der Waals surface area contributed by atoms with Crippen LogP contribution in [-0.4, -0.2) is 36.1 Å². The molecule has 0 radical (unpaired) electrons. The Balaban J connectivity index is 1.80. The lowest BCUT2D eigenvalue weighted by molar-refractivity contribution is -0.385. The molecule has 0 aliphatic carbocycles. The molecule has 6 heteroatoms. The highest BCUT2D eigenvalue weighted by atomic mass is 16.6. The first-order chi connectivity index (χ1) is 9.10. The Kier molecular flexibility index (Phi) is 2.89. The van der Waals surface area contributed by atoms with Crippen LogP contribution in [0.4, 0.5) is 11.5 Å². The third-order valence-electron chi connectivity index (χ3n) is 4.36. The number of hydrogen-bond donors (Lipinski definition) is 1. The van der Waals surface area contributed by atoms with Crippen molar-refractivity contribution >= 4 is 11.5 Å². The zero-order valence-corrected chi connectivity index (χ0v) is 11.1. The van der Waals surface area contributed by atoms with E-state index in [1.54, 1.807) is 6.92 Å². The number of nitrogens with zero attached hydrogens (tertiary/aromatic N) is 3. The van der Waals surface area contributed by atoms with E-state index in [1.807, 2.05) is 6.07 Å². The van der Waals surface area contributed by atoms with Gasteiger partial charge in [-0.2, -0.15) is 0 Å². The highest BCUT2D eigenvalue weighted by molar-refractivity contribution is 5.49. The van der Waals surface area contributed by atoms with Crippen LogP contribution in [0.5, 0.6) is 0 Å². The molecule has 2 fully saturated rings. The van der Waals surface area contributed by atoms with Crippen molar-refractivity contribution in [3.8, 4) is 0 Å². The summed E-state index contributed by atoms with van der Waals surface area (Å²) in [5, 5.41) is 14.2. The van der Waals surface area contributed by atoms with Crippen LogP contribution in [0.2, 0.25) is 0 Å². The average molecular weight is 262 g/mol.